The van der Waals surface area contributed by atoms with Crippen LogP contribution in [0.1, 0.15) is 68.6 Å². The van der Waals surface area contributed by atoms with E-state index in [0.29, 0.717) is 17.7 Å². The zero-order valence-electron chi connectivity index (χ0n) is 15.7. The summed E-state index contributed by atoms with van der Waals surface area (Å²) in [5.41, 5.74) is 1.84. The molecule has 2 rings (SSSR count). The van der Waals surface area contributed by atoms with Gasteiger partial charge in [0, 0.05) is 5.56 Å². The van der Waals surface area contributed by atoms with Crippen molar-refractivity contribution in [3.05, 3.63) is 54.1 Å². The van der Waals surface area contributed by atoms with Gasteiger partial charge in [0.15, 0.2) is 0 Å². The van der Waals surface area contributed by atoms with Gasteiger partial charge in [-0.2, -0.15) is 0 Å². The summed E-state index contributed by atoms with van der Waals surface area (Å²) in [5, 5.41) is 9.43. The number of hydrogen-bond acceptors (Lipinski definition) is 2. The normalized spacial score (nSPS) is 10.7. The molecule has 140 valence electrons. The lowest BCUT2D eigenvalue weighted by molar-refractivity contribution is 0.0697. The highest BCUT2D eigenvalue weighted by molar-refractivity contribution is 5.96. The van der Waals surface area contributed by atoms with Crippen LogP contribution < -0.4 is 4.74 Å². The van der Waals surface area contributed by atoms with Crippen molar-refractivity contribution in [2.75, 3.05) is 6.61 Å². The Morgan fingerprint density at radius 2 is 1.38 bits per heavy atom. The Hall–Kier alpha value is -2.29. The first-order valence-electron chi connectivity index (χ1n) is 9.78. The summed E-state index contributed by atoms with van der Waals surface area (Å²) in [7, 11) is 0. The first kappa shape index (κ1) is 20.0. The molecule has 0 aliphatic rings. The van der Waals surface area contributed by atoms with Gasteiger partial charge in [-0.05, 0) is 24.1 Å². The number of unbranched alkanes of at least 4 members (excludes halogenated alkanes) is 7. The molecule has 0 unspecified atom stereocenters. The molecule has 0 saturated carbocycles. The number of carboxylic acid groups (broad SMARTS) is 1. The Bertz CT molecular complexity index is 679. The number of aromatic carboxylic acids is 1. The molecule has 0 atom stereocenters. The van der Waals surface area contributed by atoms with Gasteiger partial charge in [0.2, 0.25) is 0 Å². The Morgan fingerprint density at radius 1 is 0.808 bits per heavy atom. The zero-order chi connectivity index (χ0) is 18.6. The predicted octanol–water partition coefficient (Wildman–Crippen LogP) is 6.57. The molecule has 2 aromatic carbocycles. The SMILES string of the molecule is CCCCCCCCCCOc1ccccc1-c1ccccc1C(=O)O. The van der Waals surface area contributed by atoms with Crippen LogP contribution in [0.25, 0.3) is 11.1 Å². The largest absolute Gasteiger partial charge is 0.493 e. The third-order valence-corrected chi connectivity index (χ3v) is 4.59. The second-order valence-corrected chi connectivity index (χ2v) is 6.67. The van der Waals surface area contributed by atoms with Crippen LogP contribution in [0.3, 0.4) is 0 Å². The van der Waals surface area contributed by atoms with E-state index in [1.807, 2.05) is 36.4 Å². The van der Waals surface area contributed by atoms with Crippen molar-refractivity contribution < 1.29 is 14.6 Å². The molecule has 26 heavy (non-hydrogen) atoms. The van der Waals surface area contributed by atoms with Gasteiger partial charge in [0.25, 0.3) is 0 Å². The van der Waals surface area contributed by atoms with Gasteiger partial charge in [0.05, 0.1) is 12.2 Å². The lowest BCUT2D eigenvalue weighted by Crippen LogP contribution is -2.02. The molecule has 0 bridgehead atoms. The topological polar surface area (TPSA) is 46.5 Å². The molecule has 0 fully saturated rings. The standard InChI is InChI=1S/C23H30O3/c1-2-3-4-5-6-7-8-13-18-26-22-17-12-11-15-20(22)19-14-9-10-16-21(19)23(24)25/h9-12,14-17H,2-8,13,18H2,1H3,(H,24,25). The van der Waals surface area contributed by atoms with E-state index in [1.165, 1.54) is 44.9 Å². The van der Waals surface area contributed by atoms with E-state index >= 15 is 0 Å². The van der Waals surface area contributed by atoms with Crippen molar-refractivity contribution >= 4 is 5.97 Å². The zero-order valence-corrected chi connectivity index (χ0v) is 15.7. The molecule has 3 heteroatoms. The molecule has 1 N–H and O–H groups in total. The highest BCUT2D eigenvalue weighted by Crippen LogP contribution is 2.32. The van der Waals surface area contributed by atoms with Crippen molar-refractivity contribution in [2.45, 2.75) is 58.3 Å². The monoisotopic (exact) mass is 354 g/mol. The van der Waals surface area contributed by atoms with Crippen LogP contribution in [0.15, 0.2) is 48.5 Å². The predicted molar refractivity (Wildman–Crippen MR) is 107 cm³/mol. The van der Waals surface area contributed by atoms with Crippen molar-refractivity contribution in [1.29, 1.82) is 0 Å². The molecule has 0 saturated heterocycles. The van der Waals surface area contributed by atoms with Crippen LogP contribution in [-0.4, -0.2) is 17.7 Å². The Morgan fingerprint density at radius 3 is 2.08 bits per heavy atom. The molecule has 0 heterocycles. The lowest BCUT2D eigenvalue weighted by Gasteiger charge is -2.13. The summed E-state index contributed by atoms with van der Waals surface area (Å²) < 4.78 is 5.98. The maximum absolute atomic E-state index is 11.5. The van der Waals surface area contributed by atoms with Crippen molar-refractivity contribution in [3.8, 4) is 16.9 Å². The number of rotatable bonds is 12. The van der Waals surface area contributed by atoms with E-state index in [-0.39, 0.29) is 0 Å². The summed E-state index contributed by atoms with van der Waals surface area (Å²) in [5.74, 6) is -0.164. The summed E-state index contributed by atoms with van der Waals surface area (Å²) in [4.78, 5) is 11.5. The van der Waals surface area contributed by atoms with Gasteiger partial charge < -0.3 is 9.84 Å². The van der Waals surface area contributed by atoms with Gasteiger partial charge in [-0.25, -0.2) is 4.79 Å². The second-order valence-electron chi connectivity index (χ2n) is 6.67. The molecule has 0 radical (unpaired) electrons. The Balaban J connectivity index is 1.87. The molecule has 0 aliphatic carbocycles. The van der Waals surface area contributed by atoms with E-state index in [2.05, 4.69) is 6.92 Å². The molecule has 0 amide bonds. The van der Waals surface area contributed by atoms with Gasteiger partial charge in [-0.1, -0.05) is 88.3 Å². The smallest absolute Gasteiger partial charge is 0.336 e. The third-order valence-electron chi connectivity index (χ3n) is 4.59. The summed E-state index contributed by atoms with van der Waals surface area (Å²) in [6, 6.07) is 14.7. The van der Waals surface area contributed by atoms with E-state index in [0.717, 1.165) is 17.7 Å². The van der Waals surface area contributed by atoms with E-state index in [1.54, 1.807) is 12.1 Å². The quantitative estimate of drug-likeness (QED) is 0.438. The minimum atomic E-state index is -0.918. The summed E-state index contributed by atoms with van der Waals surface area (Å²) in [6.45, 7) is 2.91. The number of carbonyl (C=O) groups is 1. The number of hydrogen-bond donors (Lipinski definition) is 1. The van der Waals surface area contributed by atoms with Crippen LogP contribution >= 0.6 is 0 Å². The lowest BCUT2D eigenvalue weighted by atomic mass is 9.99. The fourth-order valence-electron chi connectivity index (χ4n) is 3.14. The molecule has 3 nitrogen and oxygen atoms in total. The molecule has 2 aromatic rings. The van der Waals surface area contributed by atoms with Gasteiger partial charge >= 0.3 is 5.97 Å². The Labute approximate surface area is 157 Å². The van der Waals surface area contributed by atoms with Gasteiger partial charge in [-0.15, -0.1) is 0 Å². The van der Waals surface area contributed by atoms with Crippen molar-refractivity contribution in [2.24, 2.45) is 0 Å². The maximum Gasteiger partial charge on any atom is 0.336 e. The molecular weight excluding hydrogens is 324 g/mol. The van der Waals surface area contributed by atoms with Crippen LogP contribution in [0.2, 0.25) is 0 Å². The van der Waals surface area contributed by atoms with Crippen LogP contribution in [0.5, 0.6) is 5.75 Å². The maximum atomic E-state index is 11.5. The third kappa shape index (κ3) is 6.21. The molecule has 0 spiro atoms. The van der Waals surface area contributed by atoms with Crippen LogP contribution in [-0.2, 0) is 0 Å². The number of ether oxygens (including phenoxy) is 1. The minimum Gasteiger partial charge on any atom is -0.493 e. The fourth-order valence-corrected chi connectivity index (χ4v) is 3.14. The summed E-state index contributed by atoms with van der Waals surface area (Å²) >= 11 is 0. The van der Waals surface area contributed by atoms with Crippen molar-refractivity contribution in [3.63, 3.8) is 0 Å². The second kappa shape index (κ2) is 11.3. The Kier molecular flexibility index (Phi) is 8.74. The molecule has 0 aliphatic heterocycles. The number of benzene rings is 2. The number of para-hydroxylation sites is 1. The first-order valence-corrected chi connectivity index (χ1v) is 9.78. The van der Waals surface area contributed by atoms with Gasteiger partial charge in [0.1, 0.15) is 5.75 Å². The van der Waals surface area contributed by atoms with Gasteiger partial charge in [-0.3, -0.25) is 0 Å². The minimum absolute atomic E-state index is 0.302. The van der Waals surface area contributed by atoms with E-state index in [4.69, 9.17) is 4.74 Å². The highest BCUT2D eigenvalue weighted by Gasteiger charge is 2.14. The van der Waals surface area contributed by atoms with E-state index < -0.39 is 5.97 Å². The molecular formula is C23H30O3. The van der Waals surface area contributed by atoms with E-state index in [9.17, 15) is 9.90 Å². The average molecular weight is 354 g/mol. The number of carboxylic acids is 1. The van der Waals surface area contributed by atoms with Crippen LogP contribution in [0, 0.1) is 0 Å². The fraction of sp³-hybridized carbons (Fsp3) is 0.435. The van der Waals surface area contributed by atoms with Crippen molar-refractivity contribution in [1.82, 2.24) is 0 Å². The van der Waals surface area contributed by atoms with Crippen LogP contribution in [0.4, 0.5) is 0 Å². The average Bonchev–Trinajstić information content (AvgIpc) is 2.67. The highest BCUT2D eigenvalue weighted by atomic mass is 16.5. The first-order chi connectivity index (χ1) is 12.7. The molecule has 0 aromatic heterocycles. The summed E-state index contributed by atoms with van der Waals surface area (Å²) in [6.07, 6.45) is 10.1.